The molecule has 1 aromatic heterocycles. The summed E-state index contributed by atoms with van der Waals surface area (Å²) >= 11 is 0. The van der Waals surface area contributed by atoms with Crippen LogP contribution in [-0.2, 0) is 0 Å². The van der Waals surface area contributed by atoms with Crippen LogP contribution in [0.15, 0.2) is 29.6 Å². The van der Waals surface area contributed by atoms with Crippen molar-refractivity contribution in [2.24, 2.45) is 11.0 Å². The number of pyridine rings is 1. The standard InChI is InChI=1S/C13H12F3N3O2/c14-13(15,16)12(21)6-10(8-3-4-8)18-19(12)11(20)9-2-1-5-17-7-9/h1-2,5,7-8,21H,3-4,6H2/t12-/m0/s1. The minimum Gasteiger partial charge on any atom is -0.362 e. The van der Waals surface area contributed by atoms with E-state index in [1.165, 1.54) is 18.3 Å². The Bertz CT molecular complexity index is 598. The maximum Gasteiger partial charge on any atom is 0.438 e. The van der Waals surface area contributed by atoms with Crippen LogP contribution in [0.2, 0.25) is 0 Å². The zero-order valence-electron chi connectivity index (χ0n) is 10.8. The average Bonchev–Trinajstić information content (AvgIpc) is 3.22. The molecule has 1 N–H and O–H groups in total. The van der Waals surface area contributed by atoms with E-state index in [0.717, 1.165) is 19.0 Å². The molecule has 0 aromatic carbocycles. The van der Waals surface area contributed by atoms with Gasteiger partial charge in [-0.15, -0.1) is 0 Å². The number of halogens is 3. The van der Waals surface area contributed by atoms with E-state index in [1.54, 1.807) is 0 Å². The first-order chi connectivity index (χ1) is 9.83. The molecule has 5 nitrogen and oxygen atoms in total. The highest BCUT2D eigenvalue weighted by Crippen LogP contribution is 2.45. The first kappa shape index (κ1) is 14.0. The van der Waals surface area contributed by atoms with Gasteiger partial charge in [-0.1, -0.05) is 0 Å². The molecule has 21 heavy (non-hydrogen) atoms. The van der Waals surface area contributed by atoms with Gasteiger partial charge in [0, 0.05) is 24.5 Å². The van der Waals surface area contributed by atoms with Gasteiger partial charge in [0.1, 0.15) is 0 Å². The van der Waals surface area contributed by atoms with Crippen molar-refractivity contribution in [1.29, 1.82) is 0 Å². The van der Waals surface area contributed by atoms with E-state index in [0.29, 0.717) is 0 Å². The summed E-state index contributed by atoms with van der Waals surface area (Å²) in [6.07, 6.45) is -1.65. The Labute approximate surface area is 118 Å². The van der Waals surface area contributed by atoms with Gasteiger partial charge in [0.2, 0.25) is 0 Å². The predicted molar refractivity (Wildman–Crippen MR) is 66.2 cm³/mol. The SMILES string of the molecule is O=C(c1cccnc1)N1N=C(C2CC2)C[C@]1(O)C(F)(F)F. The number of hydrogen-bond acceptors (Lipinski definition) is 4. The third-order valence-electron chi connectivity index (χ3n) is 3.61. The maximum absolute atomic E-state index is 13.2. The van der Waals surface area contributed by atoms with Gasteiger partial charge < -0.3 is 5.11 Å². The van der Waals surface area contributed by atoms with Gasteiger partial charge in [-0.3, -0.25) is 9.78 Å². The number of hydrazone groups is 1. The van der Waals surface area contributed by atoms with E-state index >= 15 is 0 Å². The van der Waals surface area contributed by atoms with E-state index in [9.17, 15) is 23.1 Å². The first-order valence-electron chi connectivity index (χ1n) is 6.44. The highest BCUT2D eigenvalue weighted by Gasteiger charge is 2.64. The fourth-order valence-corrected chi connectivity index (χ4v) is 2.26. The van der Waals surface area contributed by atoms with Gasteiger partial charge in [-0.2, -0.15) is 23.3 Å². The van der Waals surface area contributed by atoms with Crippen molar-refractivity contribution < 1.29 is 23.1 Å². The molecule has 1 aliphatic carbocycles. The van der Waals surface area contributed by atoms with Crippen LogP contribution in [0.1, 0.15) is 29.6 Å². The number of alkyl halides is 3. The highest BCUT2D eigenvalue weighted by atomic mass is 19.4. The Kier molecular flexibility index (Phi) is 3.01. The van der Waals surface area contributed by atoms with Gasteiger partial charge in [-0.05, 0) is 30.9 Å². The topological polar surface area (TPSA) is 65.8 Å². The van der Waals surface area contributed by atoms with Crippen LogP contribution in [0.25, 0.3) is 0 Å². The van der Waals surface area contributed by atoms with Crippen molar-refractivity contribution in [3.63, 3.8) is 0 Å². The normalized spacial score (nSPS) is 25.9. The Morgan fingerprint density at radius 1 is 1.43 bits per heavy atom. The number of nitrogens with zero attached hydrogens (tertiary/aromatic N) is 3. The third kappa shape index (κ3) is 2.29. The molecule has 1 aromatic rings. The van der Waals surface area contributed by atoms with E-state index in [4.69, 9.17) is 0 Å². The number of hydrogen-bond donors (Lipinski definition) is 1. The number of aromatic nitrogens is 1. The summed E-state index contributed by atoms with van der Waals surface area (Å²) in [5.41, 5.74) is -3.11. The fraction of sp³-hybridized carbons (Fsp3) is 0.462. The van der Waals surface area contributed by atoms with Gasteiger partial charge in [0.25, 0.3) is 11.6 Å². The van der Waals surface area contributed by atoms with Crippen molar-refractivity contribution >= 4 is 11.6 Å². The van der Waals surface area contributed by atoms with E-state index in [2.05, 4.69) is 10.1 Å². The van der Waals surface area contributed by atoms with Crippen molar-refractivity contribution in [1.82, 2.24) is 9.99 Å². The monoisotopic (exact) mass is 299 g/mol. The minimum absolute atomic E-state index is 0.0547. The van der Waals surface area contributed by atoms with Crippen LogP contribution in [0.4, 0.5) is 13.2 Å². The smallest absolute Gasteiger partial charge is 0.362 e. The van der Waals surface area contributed by atoms with Crippen molar-refractivity contribution in [2.75, 3.05) is 0 Å². The Hall–Kier alpha value is -1.96. The number of amides is 1. The summed E-state index contributed by atoms with van der Waals surface area (Å²) in [7, 11) is 0. The zero-order valence-corrected chi connectivity index (χ0v) is 10.8. The van der Waals surface area contributed by atoms with Crippen molar-refractivity contribution in [3.8, 4) is 0 Å². The lowest BCUT2D eigenvalue weighted by atomic mass is 10.0. The van der Waals surface area contributed by atoms with Crippen LogP contribution in [-0.4, -0.2) is 38.6 Å². The lowest BCUT2D eigenvalue weighted by Gasteiger charge is -2.32. The molecule has 1 saturated carbocycles. The maximum atomic E-state index is 13.2. The Morgan fingerprint density at radius 2 is 2.14 bits per heavy atom. The molecule has 0 spiro atoms. The molecule has 2 aliphatic rings. The second-order valence-corrected chi connectivity index (χ2v) is 5.22. The van der Waals surface area contributed by atoms with Gasteiger partial charge >= 0.3 is 6.18 Å². The summed E-state index contributed by atoms with van der Waals surface area (Å²) in [5, 5.41) is 13.9. The molecule has 3 rings (SSSR count). The second kappa shape index (κ2) is 4.52. The zero-order chi connectivity index (χ0) is 15.3. The van der Waals surface area contributed by atoms with Crippen LogP contribution in [0, 0.1) is 5.92 Å². The number of rotatable bonds is 2. The quantitative estimate of drug-likeness (QED) is 0.907. The summed E-state index contributed by atoms with van der Waals surface area (Å²) < 4.78 is 39.6. The molecule has 0 saturated heterocycles. The third-order valence-corrected chi connectivity index (χ3v) is 3.61. The fourth-order valence-electron chi connectivity index (χ4n) is 2.26. The van der Waals surface area contributed by atoms with Gasteiger partial charge in [0.05, 0.1) is 5.56 Å². The molecule has 2 heterocycles. The Balaban J connectivity index is 1.97. The van der Waals surface area contributed by atoms with Gasteiger partial charge in [0.15, 0.2) is 0 Å². The molecule has 1 fully saturated rings. The summed E-state index contributed by atoms with van der Waals surface area (Å²) in [5.74, 6) is -1.08. The molecule has 1 aliphatic heterocycles. The first-order valence-corrected chi connectivity index (χ1v) is 6.44. The lowest BCUT2D eigenvalue weighted by molar-refractivity contribution is -0.297. The highest BCUT2D eigenvalue weighted by molar-refractivity contribution is 5.99. The Morgan fingerprint density at radius 3 is 2.67 bits per heavy atom. The largest absolute Gasteiger partial charge is 0.438 e. The van der Waals surface area contributed by atoms with E-state index in [-0.39, 0.29) is 22.2 Å². The van der Waals surface area contributed by atoms with Gasteiger partial charge in [-0.25, -0.2) is 0 Å². The number of aliphatic hydroxyl groups is 1. The molecule has 0 bridgehead atoms. The van der Waals surface area contributed by atoms with E-state index in [1.807, 2.05) is 0 Å². The van der Waals surface area contributed by atoms with Crippen molar-refractivity contribution in [3.05, 3.63) is 30.1 Å². The lowest BCUT2D eigenvalue weighted by Crippen LogP contribution is -2.56. The summed E-state index contributed by atoms with van der Waals surface area (Å²) in [4.78, 5) is 15.9. The number of carbonyl (C=O) groups is 1. The minimum atomic E-state index is -4.98. The molecule has 0 unspecified atom stereocenters. The van der Waals surface area contributed by atoms with E-state index < -0.39 is 24.2 Å². The molecule has 112 valence electrons. The van der Waals surface area contributed by atoms with Crippen molar-refractivity contribution in [2.45, 2.75) is 31.2 Å². The molecular formula is C13H12F3N3O2. The summed E-state index contributed by atoms with van der Waals surface area (Å²) in [6.45, 7) is 0. The predicted octanol–water partition coefficient (Wildman–Crippen LogP) is 1.94. The average molecular weight is 299 g/mol. The van der Waals surface area contributed by atoms with Crippen LogP contribution >= 0.6 is 0 Å². The van der Waals surface area contributed by atoms with Crippen LogP contribution in [0.3, 0.4) is 0 Å². The molecular weight excluding hydrogens is 287 g/mol. The molecule has 1 amide bonds. The second-order valence-electron chi connectivity index (χ2n) is 5.22. The number of carbonyl (C=O) groups excluding carboxylic acids is 1. The molecule has 1 atom stereocenters. The molecule has 0 radical (unpaired) electrons. The van der Waals surface area contributed by atoms with Crippen LogP contribution in [0.5, 0.6) is 0 Å². The summed E-state index contributed by atoms with van der Waals surface area (Å²) in [6, 6.07) is 2.76. The van der Waals surface area contributed by atoms with Crippen LogP contribution < -0.4 is 0 Å². The molecule has 8 heteroatoms.